The molecule has 5 heteroatoms. The first-order valence-electron chi connectivity index (χ1n) is 11.6. The highest BCUT2D eigenvalue weighted by Gasteiger charge is 2.41. The number of para-hydroxylation sites is 1. The van der Waals surface area contributed by atoms with E-state index < -0.39 is 6.04 Å². The van der Waals surface area contributed by atoms with Crippen molar-refractivity contribution >= 4 is 11.8 Å². The summed E-state index contributed by atoms with van der Waals surface area (Å²) >= 11 is 0. The van der Waals surface area contributed by atoms with Crippen LogP contribution in [0.3, 0.4) is 0 Å². The molecule has 4 rings (SSSR count). The zero-order valence-electron chi connectivity index (χ0n) is 18.3. The van der Waals surface area contributed by atoms with E-state index in [2.05, 4.69) is 5.32 Å². The van der Waals surface area contributed by atoms with Crippen molar-refractivity contribution in [3.8, 4) is 5.75 Å². The first-order valence-corrected chi connectivity index (χ1v) is 11.6. The van der Waals surface area contributed by atoms with Crippen molar-refractivity contribution in [3.63, 3.8) is 0 Å². The Hall–Kier alpha value is -2.82. The van der Waals surface area contributed by atoms with E-state index >= 15 is 0 Å². The Morgan fingerprint density at radius 2 is 1.68 bits per heavy atom. The first-order chi connectivity index (χ1) is 15.2. The van der Waals surface area contributed by atoms with Gasteiger partial charge in [0.15, 0.2) is 0 Å². The normalized spacial score (nSPS) is 19.5. The number of amides is 2. The molecule has 0 saturated heterocycles. The van der Waals surface area contributed by atoms with Gasteiger partial charge in [0, 0.05) is 17.2 Å². The third-order valence-electron chi connectivity index (χ3n) is 6.37. The summed E-state index contributed by atoms with van der Waals surface area (Å²) in [6.07, 6.45) is 8.09. The summed E-state index contributed by atoms with van der Waals surface area (Å²) in [7, 11) is 0. The molecule has 1 saturated carbocycles. The molecule has 0 bridgehead atoms. The van der Waals surface area contributed by atoms with Crippen LogP contribution < -0.4 is 10.1 Å². The molecule has 1 heterocycles. The van der Waals surface area contributed by atoms with Crippen molar-refractivity contribution in [1.82, 2.24) is 10.2 Å². The van der Waals surface area contributed by atoms with E-state index in [1.807, 2.05) is 55.5 Å². The molecule has 0 radical (unpaired) electrons. The second kappa shape index (κ2) is 9.99. The molecule has 2 amide bonds. The highest BCUT2D eigenvalue weighted by Crippen LogP contribution is 2.36. The fraction of sp³-hybridized carbons (Fsp3) is 0.462. The fourth-order valence-corrected chi connectivity index (χ4v) is 4.81. The van der Waals surface area contributed by atoms with Crippen molar-refractivity contribution in [2.45, 2.75) is 70.5 Å². The molecule has 1 atom stereocenters. The maximum absolute atomic E-state index is 13.5. The van der Waals surface area contributed by atoms with Crippen molar-refractivity contribution in [3.05, 3.63) is 65.2 Å². The van der Waals surface area contributed by atoms with Crippen LogP contribution in [0, 0.1) is 0 Å². The fourth-order valence-electron chi connectivity index (χ4n) is 4.81. The van der Waals surface area contributed by atoms with Crippen LogP contribution in [-0.2, 0) is 11.3 Å². The van der Waals surface area contributed by atoms with Gasteiger partial charge in [-0.1, -0.05) is 68.5 Å². The molecule has 1 N–H and O–H groups in total. The van der Waals surface area contributed by atoms with Crippen LogP contribution in [0.15, 0.2) is 48.5 Å². The van der Waals surface area contributed by atoms with Crippen LogP contribution in [0.1, 0.15) is 79.4 Å². The SMILES string of the molecule is CCOc1ccccc1CN1C(=O)c2ccccc2C1C(=O)NC1CCCCCCC1. The van der Waals surface area contributed by atoms with Crippen molar-refractivity contribution in [2.75, 3.05) is 6.61 Å². The van der Waals surface area contributed by atoms with Gasteiger partial charge in [0.25, 0.3) is 5.91 Å². The number of benzene rings is 2. The second-order valence-corrected chi connectivity index (χ2v) is 8.51. The first kappa shape index (κ1) is 21.4. The average molecular weight is 421 g/mol. The molecule has 2 aromatic rings. The topological polar surface area (TPSA) is 58.6 Å². The van der Waals surface area contributed by atoms with Crippen molar-refractivity contribution in [2.24, 2.45) is 0 Å². The predicted molar refractivity (Wildman–Crippen MR) is 121 cm³/mol. The largest absolute Gasteiger partial charge is 0.494 e. The molecular formula is C26H32N2O3. The zero-order valence-corrected chi connectivity index (χ0v) is 18.3. The minimum Gasteiger partial charge on any atom is -0.494 e. The molecule has 0 spiro atoms. The smallest absolute Gasteiger partial charge is 0.255 e. The van der Waals surface area contributed by atoms with Gasteiger partial charge in [-0.3, -0.25) is 9.59 Å². The molecular weight excluding hydrogens is 388 g/mol. The van der Waals surface area contributed by atoms with Crippen LogP contribution >= 0.6 is 0 Å². The van der Waals surface area contributed by atoms with Gasteiger partial charge in [0.2, 0.25) is 5.91 Å². The number of carbonyl (C=O) groups is 2. The Morgan fingerprint density at radius 1 is 1.00 bits per heavy atom. The maximum atomic E-state index is 13.5. The van der Waals surface area contributed by atoms with Crippen LogP contribution in [-0.4, -0.2) is 29.4 Å². The van der Waals surface area contributed by atoms with Gasteiger partial charge >= 0.3 is 0 Å². The molecule has 31 heavy (non-hydrogen) atoms. The highest BCUT2D eigenvalue weighted by molar-refractivity contribution is 6.04. The lowest BCUT2D eigenvalue weighted by molar-refractivity contribution is -0.126. The van der Waals surface area contributed by atoms with Crippen LogP contribution in [0.4, 0.5) is 0 Å². The third kappa shape index (κ3) is 4.76. The number of fused-ring (bicyclic) bond motifs is 1. The van der Waals surface area contributed by atoms with Gasteiger partial charge in [-0.15, -0.1) is 0 Å². The minimum absolute atomic E-state index is 0.0715. The lowest BCUT2D eigenvalue weighted by atomic mass is 9.96. The molecule has 5 nitrogen and oxygen atoms in total. The molecule has 1 aliphatic carbocycles. The number of nitrogens with one attached hydrogen (secondary N) is 1. The summed E-state index contributed by atoms with van der Waals surface area (Å²) in [5, 5.41) is 3.28. The molecule has 164 valence electrons. The lowest BCUT2D eigenvalue weighted by Crippen LogP contribution is -2.43. The van der Waals surface area contributed by atoms with E-state index in [0.717, 1.165) is 42.6 Å². The third-order valence-corrected chi connectivity index (χ3v) is 6.37. The van der Waals surface area contributed by atoms with E-state index in [1.165, 1.54) is 19.3 Å². The van der Waals surface area contributed by atoms with E-state index in [4.69, 9.17) is 4.74 Å². The van der Waals surface area contributed by atoms with Crippen LogP contribution in [0.2, 0.25) is 0 Å². The van der Waals surface area contributed by atoms with E-state index in [0.29, 0.717) is 18.7 Å². The standard InChI is InChI=1S/C26H32N2O3/c1-2-31-23-17-11-8-12-19(23)18-28-24(21-15-9-10-16-22(21)26(28)30)25(29)27-20-13-6-4-3-5-7-14-20/h8-12,15-17,20,24H,2-7,13-14,18H2,1H3,(H,27,29). The Bertz CT molecular complexity index is 918. The zero-order chi connectivity index (χ0) is 21.6. The van der Waals surface area contributed by atoms with Gasteiger partial charge in [-0.25, -0.2) is 0 Å². The molecule has 1 aliphatic heterocycles. The Kier molecular flexibility index (Phi) is 6.90. The minimum atomic E-state index is -0.608. The summed E-state index contributed by atoms with van der Waals surface area (Å²) in [6.45, 7) is 2.84. The van der Waals surface area contributed by atoms with Gasteiger partial charge in [0.1, 0.15) is 11.8 Å². The molecule has 2 aliphatic rings. The maximum Gasteiger partial charge on any atom is 0.255 e. The Balaban J connectivity index is 1.59. The number of hydrogen-bond donors (Lipinski definition) is 1. The quantitative estimate of drug-likeness (QED) is 0.714. The van der Waals surface area contributed by atoms with Gasteiger partial charge in [0.05, 0.1) is 13.2 Å². The lowest BCUT2D eigenvalue weighted by Gasteiger charge is -2.28. The van der Waals surface area contributed by atoms with Crippen molar-refractivity contribution in [1.29, 1.82) is 0 Å². The number of rotatable bonds is 6. The molecule has 1 unspecified atom stereocenters. The number of ether oxygens (including phenoxy) is 1. The second-order valence-electron chi connectivity index (χ2n) is 8.51. The van der Waals surface area contributed by atoms with E-state index in [9.17, 15) is 9.59 Å². The monoisotopic (exact) mass is 420 g/mol. The number of nitrogens with zero attached hydrogens (tertiary/aromatic N) is 1. The summed E-state index contributed by atoms with van der Waals surface area (Å²) in [4.78, 5) is 28.5. The average Bonchev–Trinajstić information content (AvgIpc) is 3.03. The van der Waals surface area contributed by atoms with Crippen molar-refractivity contribution < 1.29 is 14.3 Å². The summed E-state index contributed by atoms with van der Waals surface area (Å²) in [5.74, 6) is 0.588. The number of hydrogen-bond acceptors (Lipinski definition) is 3. The molecule has 2 aromatic carbocycles. The van der Waals surface area contributed by atoms with E-state index in [1.54, 1.807) is 4.90 Å². The molecule has 1 fully saturated rings. The number of carbonyl (C=O) groups excluding carboxylic acids is 2. The van der Waals surface area contributed by atoms with Gasteiger partial charge < -0.3 is 15.0 Å². The summed E-state index contributed by atoms with van der Waals surface area (Å²) in [6, 6.07) is 14.8. The van der Waals surface area contributed by atoms with Gasteiger partial charge in [-0.2, -0.15) is 0 Å². The van der Waals surface area contributed by atoms with Crippen LogP contribution in [0.5, 0.6) is 5.75 Å². The highest BCUT2D eigenvalue weighted by atomic mass is 16.5. The Morgan fingerprint density at radius 3 is 2.45 bits per heavy atom. The van der Waals surface area contributed by atoms with E-state index in [-0.39, 0.29) is 17.9 Å². The predicted octanol–water partition coefficient (Wildman–Crippen LogP) is 5.01. The Labute approximate surface area is 184 Å². The van der Waals surface area contributed by atoms with Crippen LogP contribution in [0.25, 0.3) is 0 Å². The summed E-state index contributed by atoms with van der Waals surface area (Å²) in [5.41, 5.74) is 2.33. The van der Waals surface area contributed by atoms with Gasteiger partial charge in [-0.05, 0) is 37.5 Å². The summed E-state index contributed by atoms with van der Waals surface area (Å²) < 4.78 is 5.76. The molecule has 0 aromatic heterocycles.